The largest absolute Gasteiger partial charge is 0.456 e. The van der Waals surface area contributed by atoms with Crippen LogP contribution in [0.15, 0.2) is 28.7 Å². The van der Waals surface area contributed by atoms with Crippen LogP contribution in [0, 0.1) is 6.92 Å². The molecule has 3 N–H and O–H groups in total. The number of aryl methyl sites for hydroxylation is 1. The highest BCUT2D eigenvalue weighted by Crippen LogP contribution is 2.05. The Morgan fingerprint density at radius 1 is 1.57 bits per heavy atom. The SMILES string of the molecule is Cc1ccc(C(=O)NC/C=C/CN)o1. The van der Waals surface area contributed by atoms with Crippen LogP contribution in [0.1, 0.15) is 16.3 Å². The van der Waals surface area contributed by atoms with Gasteiger partial charge in [0, 0.05) is 13.1 Å². The van der Waals surface area contributed by atoms with Crippen molar-refractivity contribution in [2.75, 3.05) is 13.1 Å². The van der Waals surface area contributed by atoms with Gasteiger partial charge in [0.15, 0.2) is 5.76 Å². The van der Waals surface area contributed by atoms with Gasteiger partial charge in [0.1, 0.15) is 5.76 Å². The first-order chi connectivity index (χ1) is 6.74. The summed E-state index contributed by atoms with van der Waals surface area (Å²) in [5.41, 5.74) is 5.24. The molecule has 4 nitrogen and oxygen atoms in total. The number of carbonyl (C=O) groups is 1. The molecule has 0 spiro atoms. The van der Waals surface area contributed by atoms with Gasteiger partial charge in [-0.25, -0.2) is 0 Å². The minimum absolute atomic E-state index is 0.209. The Labute approximate surface area is 82.8 Å². The van der Waals surface area contributed by atoms with Crippen molar-refractivity contribution in [3.05, 3.63) is 35.8 Å². The number of hydrogen-bond donors (Lipinski definition) is 2. The molecule has 1 amide bonds. The van der Waals surface area contributed by atoms with Gasteiger partial charge in [-0.1, -0.05) is 12.2 Å². The van der Waals surface area contributed by atoms with E-state index in [1.165, 1.54) is 0 Å². The summed E-state index contributed by atoms with van der Waals surface area (Å²) in [4.78, 5) is 11.4. The van der Waals surface area contributed by atoms with Crippen molar-refractivity contribution in [3.8, 4) is 0 Å². The minimum atomic E-state index is -0.209. The second-order valence-electron chi connectivity index (χ2n) is 2.83. The van der Waals surface area contributed by atoms with Gasteiger partial charge in [-0.15, -0.1) is 0 Å². The Kier molecular flexibility index (Phi) is 3.94. The zero-order chi connectivity index (χ0) is 10.4. The lowest BCUT2D eigenvalue weighted by Crippen LogP contribution is -2.22. The van der Waals surface area contributed by atoms with E-state index in [1.54, 1.807) is 31.2 Å². The van der Waals surface area contributed by atoms with E-state index in [9.17, 15) is 4.79 Å². The molecular weight excluding hydrogens is 180 g/mol. The summed E-state index contributed by atoms with van der Waals surface area (Å²) in [6.07, 6.45) is 3.58. The minimum Gasteiger partial charge on any atom is -0.456 e. The first kappa shape index (κ1) is 10.5. The lowest BCUT2D eigenvalue weighted by Gasteiger charge is -1.97. The number of furan rings is 1. The van der Waals surface area contributed by atoms with Gasteiger partial charge >= 0.3 is 0 Å². The van der Waals surface area contributed by atoms with Crippen LogP contribution in [-0.2, 0) is 0 Å². The Hall–Kier alpha value is -1.55. The molecule has 1 heterocycles. The number of hydrogen-bond acceptors (Lipinski definition) is 3. The zero-order valence-corrected chi connectivity index (χ0v) is 8.12. The lowest BCUT2D eigenvalue weighted by molar-refractivity contribution is 0.0929. The van der Waals surface area contributed by atoms with Crippen LogP contribution < -0.4 is 11.1 Å². The summed E-state index contributed by atoms with van der Waals surface area (Å²) < 4.78 is 5.14. The summed E-state index contributed by atoms with van der Waals surface area (Å²) in [6, 6.07) is 3.40. The van der Waals surface area contributed by atoms with Gasteiger partial charge in [-0.2, -0.15) is 0 Å². The smallest absolute Gasteiger partial charge is 0.287 e. The van der Waals surface area contributed by atoms with Gasteiger partial charge in [-0.3, -0.25) is 4.79 Å². The first-order valence-electron chi connectivity index (χ1n) is 4.43. The molecule has 1 aromatic heterocycles. The maximum Gasteiger partial charge on any atom is 0.287 e. The molecule has 14 heavy (non-hydrogen) atoms. The number of amides is 1. The second kappa shape index (κ2) is 5.24. The average molecular weight is 194 g/mol. The topological polar surface area (TPSA) is 68.3 Å². The standard InChI is InChI=1S/C10H14N2O2/c1-8-4-5-9(14-8)10(13)12-7-3-2-6-11/h2-5H,6-7,11H2,1H3,(H,12,13)/b3-2+. The van der Waals surface area contributed by atoms with Gasteiger partial charge in [-0.05, 0) is 19.1 Å². The quantitative estimate of drug-likeness (QED) is 0.698. The van der Waals surface area contributed by atoms with Crippen molar-refractivity contribution in [3.63, 3.8) is 0 Å². The van der Waals surface area contributed by atoms with E-state index in [4.69, 9.17) is 10.2 Å². The van der Waals surface area contributed by atoms with E-state index in [0.717, 1.165) is 5.76 Å². The van der Waals surface area contributed by atoms with Crippen molar-refractivity contribution >= 4 is 5.91 Å². The molecule has 0 aliphatic heterocycles. The van der Waals surface area contributed by atoms with Crippen molar-refractivity contribution in [1.29, 1.82) is 0 Å². The van der Waals surface area contributed by atoms with E-state index < -0.39 is 0 Å². The highest BCUT2D eigenvalue weighted by atomic mass is 16.3. The van der Waals surface area contributed by atoms with E-state index in [1.807, 2.05) is 0 Å². The molecule has 4 heteroatoms. The van der Waals surface area contributed by atoms with E-state index in [-0.39, 0.29) is 5.91 Å². The molecule has 0 atom stereocenters. The fraction of sp³-hybridized carbons (Fsp3) is 0.300. The normalized spacial score (nSPS) is 10.7. The predicted molar refractivity (Wildman–Crippen MR) is 54.0 cm³/mol. The Balaban J connectivity index is 2.39. The molecule has 0 radical (unpaired) electrons. The number of rotatable bonds is 4. The maximum atomic E-state index is 11.4. The highest BCUT2D eigenvalue weighted by Gasteiger charge is 2.07. The van der Waals surface area contributed by atoms with Crippen LogP contribution in [-0.4, -0.2) is 19.0 Å². The lowest BCUT2D eigenvalue weighted by atomic mass is 10.4. The molecule has 0 fully saturated rings. The summed E-state index contributed by atoms with van der Waals surface area (Å²) in [5, 5.41) is 2.67. The third-order valence-electron chi connectivity index (χ3n) is 1.65. The van der Waals surface area contributed by atoms with Gasteiger partial charge in [0.25, 0.3) is 5.91 Å². The van der Waals surface area contributed by atoms with Crippen LogP contribution in [0.4, 0.5) is 0 Å². The molecule has 1 aromatic rings. The molecular formula is C10H14N2O2. The molecule has 1 rings (SSSR count). The van der Waals surface area contributed by atoms with Crippen molar-refractivity contribution in [2.45, 2.75) is 6.92 Å². The highest BCUT2D eigenvalue weighted by molar-refractivity contribution is 5.91. The molecule has 0 aliphatic carbocycles. The third-order valence-corrected chi connectivity index (χ3v) is 1.65. The average Bonchev–Trinajstić information content (AvgIpc) is 2.59. The number of nitrogens with two attached hydrogens (primary N) is 1. The van der Waals surface area contributed by atoms with E-state index in [0.29, 0.717) is 18.8 Å². The van der Waals surface area contributed by atoms with Gasteiger partial charge < -0.3 is 15.5 Å². The van der Waals surface area contributed by atoms with Crippen molar-refractivity contribution in [1.82, 2.24) is 5.32 Å². The fourth-order valence-corrected chi connectivity index (χ4v) is 0.975. The summed E-state index contributed by atoms with van der Waals surface area (Å²) in [5.74, 6) is 0.857. The van der Waals surface area contributed by atoms with Crippen LogP contribution in [0.5, 0.6) is 0 Å². The van der Waals surface area contributed by atoms with E-state index in [2.05, 4.69) is 5.32 Å². The molecule has 76 valence electrons. The summed E-state index contributed by atoms with van der Waals surface area (Å²) in [6.45, 7) is 2.75. The van der Waals surface area contributed by atoms with Crippen molar-refractivity contribution in [2.24, 2.45) is 5.73 Å². The first-order valence-corrected chi connectivity index (χ1v) is 4.43. The fourth-order valence-electron chi connectivity index (χ4n) is 0.975. The van der Waals surface area contributed by atoms with Gasteiger partial charge in [0.2, 0.25) is 0 Å². The Morgan fingerprint density at radius 2 is 2.36 bits per heavy atom. The predicted octanol–water partition coefficient (Wildman–Crippen LogP) is 0.833. The van der Waals surface area contributed by atoms with Crippen LogP contribution >= 0.6 is 0 Å². The molecule has 0 aliphatic rings. The Bertz CT molecular complexity index is 329. The number of nitrogens with one attached hydrogen (secondary N) is 1. The van der Waals surface area contributed by atoms with Crippen LogP contribution in [0.25, 0.3) is 0 Å². The second-order valence-corrected chi connectivity index (χ2v) is 2.83. The Morgan fingerprint density at radius 3 is 2.93 bits per heavy atom. The number of carbonyl (C=O) groups excluding carboxylic acids is 1. The third kappa shape index (κ3) is 3.06. The molecule has 0 saturated heterocycles. The maximum absolute atomic E-state index is 11.4. The van der Waals surface area contributed by atoms with Crippen LogP contribution in [0.2, 0.25) is 0 Å². The van der Waals surface area contributed by atoms with E-state index >= 15 is 0 Å². The van der Waals surface area contributed by atoms with Crippen LogP contribution in [0.3, 0.4) is 0 Å². The molecule has 0 unspecified atom stereocenters. The zero-order valence-electron chi connectivity index (χ0n) is 8.12. The summed E-state index contributed by atoms with van der Waals surface area (Å²) in [7, 11) is 0. The molecule has 0 saturated carbocycles. The molecule has 0 aromatic carbocycles. The van der Waals surface area contributed by atoms with Gasteiger partial charge in [0.05, 0.1) is 0 Å². The van der Waals surface area contributed by atoms with Crippen molar-refractivity contribution < 1.29 is 9.21 Å². The summed E-state index contributed by atoms with van der Waals surface area (Å²) >= 11 is 0. The monoisotopic (exact) mass is 194 g/mol. The molecule has 0 bridgehead atoms.